The summed E-state index contributed by atoms with van der Waals surface area (Å²) in [4.78, 5) is 17.0. The monoisotopic (exact) mass is 443 g/mol. The van der Waals surface area contributed by atoms with E-state index in [-0.39, 0.29) is 30.6 Å². The number of carbonyl (C=O) groups is 1. The SMILES string of the molecule is Cc1cccc(CN(C)C[C@@H]2OCc3cn(nn3)CCCC(=O)N([C@@H](C)CO)C[C@H]2C)c1. The lowest BCUT2D eigenvalue weighted by molar-refractivity contribution is -0.136. The predicted octanol–water partition coefficient (Wildman–Crippen LogP) is 2.24. The van der Waals surface area contributed by atoms with Gasteiger partial charge in [0.2, 0.25) is 5.91 Å². The van der Waals surface area contributed by atoms with Gasteiger partial charge >= 0.3 is 0 Å². The smallest absolute Gasteiger partial charge is 0.222 e. The number of carbonyl (C=O) groups excluding carboxylic acids is 1. The van der Waals surface area contributed by atoms with E-state index in [4.69, 9.17) is 4.74 Å². The highest BCUT2D eigenvalue weighted by molar-refractivity contribution is 5.76. The molecule has 1 aliphatic heterocycles. The van der Waals surface area contributed by atoms with Crippen LogP contribution in [0.4, 0.5) is 0 Å². The number of aliphatic hydroxyl groups excluding tert-OH is 1. The van der Waals surface area contributed by atoms with Gasteiger partial charge < -0.3 is 14.7 Å². The van der Waals surface area contributed by atoms with Crippen molar-refractivity contribution in [2.75, 3.05) is 26.7 Å². The number of hydrogen-bond donors (Lipinski definition) is 1. The molecule has 3 rings (SSSR count). The molecule has 0 saturated heterocycles. The summed E-state index contributed by atoms with van der Waals surface area (Å²) in [6, 6.07) is 8.30. The van der Waals surface area contributed by atoms with E-state index in [2.05, 4.69) is 60.4 Å². The van der Waals surface area contributed by atoms with E-state index < -0.39 is 0 Å². The summed E-state index contributed by atoms with van der Waals surface area (Å²) < 4.78 is 8.11. The molecule has 0 fully saturated rings. The number of benzene rings is 1. The van der Waals surface area contributed by atoms with Crippen molar-refractivity contribution in [1.29, 1.82) is 0 Å². The lowest BCUT2D eigenvalue weighted by atomic mass is 10.0. The van der Waals surface area contributed by atoms with Crippen molar-refractivity contribution in [3.8, 4) is 0 Å². The Balaban J connectivity index is 1.76. The van der Waals surface area contributed by atoms with Crippen LogP contribution in [0.3, 0.4) is 0 Å². The van der Waals surface area contributed by atoms with Crippen LogP contribution in [0, 0.1) is 12.8 Å². The third kappa shape index (κ3) is 6.85. The molecular formula is C24H37N5O3. The fraction of sp³-hybridized carbons (Fsp3) is 0.625. The summed E-state index contributed by atoms with van der Waals surface area (Å²) in [5.74, 6) is 0.147. The van der Waals surface area contributed by atoms with Crippen molar-refractivity contribution in [3.05, 3.63) is 47.3 Å². The molecule has 2 bridgehead atoms. The number of rotatable bonds is 6. The highest BCUT2D eigenvalue weighted by atomic mass is 16.5. The van der Waals surface area contributed by atoms with Crippen LogP contribution in [-0.2, 0) is 29.2 Å². The maximum atomic E-state index is 12.9. The van der Waals surface area contributed by atoms with Gasteiger partial charge in [-0.25, -0.2) is 0 Å². The Morgan fingerprint density at radius 3 is 2.94 bits per heavy atom. The zero-order chi connectivity index (χ0) is 23.1. The molecule has 1 N–H and O–H groups in total. The number of aryl methyl sites for hydroxylation is 2. The molecule has 8 nitrogen and oxygen atoms in total. The molecule has 176 valence electrons. The van der Waals surface area contributed by atoms with E-state index in [1.54, 1.807) is 4.68 Å². The van der Waals surface area contributed by atoms with Gasteiger partial charge in [-0.15, -0.1) is 5.10 Å². The minimum atomic E-state index is -0.224. The topological polar surface area (TPSA) is 83.7 Å². The quantitative estimate of drug-likeness (QED) is 0.737. The molecule has 2 heterocycles. The van der Waals surface area contributed by atoms with E-state index in [0.29, 0.717) is 32.5 Å². The second-order valence-corrected chi connectivity index (χ2v) is 9.17. The average molecular weight is 444 g/mol. The van der Waals surface area contributed by atoms with Crippen LogP contribution in [-0.4, -0.2) is 74.7 Å². The molecule has 1 aromatic carbocycles. The molecule has 0 unspecified atom stereocenters. The third-order valence-electron chi connectivity index (χ3n) is 6.07. The first-order valence-electron chi connectivity index (χ1n) is 11.5. The van der Waals surface area contributed by atoms with Crippen LogP contribution in [0.25, 0.3) is 0 Å². The fourth-order valence-electron chi connectivity index (χ4n) is 4.19. The van der Waals surface area contributed by atoms with Gasteiger partial charge in [-0.3, -0.25) is 14.4 Å². The number of likely N-dealkylation sites (N-methyl/N-ethyl adjacent to an activating group) is 1. The summed E-state index contributed by atoms with van der Waals surface area (Å²) in [5, 5.41) is 18.1. The van der Waals surface area contributed by atoms with E-state index in [9.17, 15) is 9.90 Å². The first-order valence-corrected chi connectivity index (χ1v) is 11.5. The van der Waals surface area contributed by atoms with Crippen molar-refractivity contribution >= 4 is 5.91 Å². The Labute approximate surface area is 191 Å². The Bertz CT molecular complexity index is 871. The molecule has 3 atom stereocenters. The molecule has 0 aliphatic carbocycles. The summed E-state index contributed by atoms with van der Waals surface area (Å²) in [6.07, 6.45) is 2.91. The second kappa shape index (κ2) is 11.5. The Kier molecular flexibility index (Phi) is 8.78. The van der Waals surface area contributed by atoms with Gasteiger partial charge in [0.15, 0.2) is 0 Å². The second-order valence-electron chi connectivity index (χ2n) is 9.17. The number of amides is 1. The number of hydrogen-bond acceptors (Lipinski definition) is 6. The summed E-state index contributed by atoms with van der Waals surface area (Å²) in [5.41, 5.74) is 3.31. The van der Waals surface area contributed by atoms with Gasteiger partial charge in [0.1, 0.15) is 5.69 Å². The third-order valence-corrected chi connectivity index (χ3v) is 6.07. The summed E-state index contributed by atoms with van der Waals surface area (Å²) in [7, 11) is 2.09. The van der Waals surface area contributed by atoms with E-state index in [1.807, 2.05) is 18.0 Å². The molecule has 2 aromatic rings. The number of aromatic nitrogens is 3. The van der Waals surface area contributed by atoms with Gasteiger partial charge in [0, 0.05) is 38.5 Å². The van der Waals surface area contributed by atoms with Crippen LogP contribution < -0.4 is 0 Å². The highest BCUT2D eigenvalue weighted by Crippen LogP contribution is 2.18. The minimum absolute atomic E-state index is 0.0523. The zero-order valence-corrected chi connectivity index (χ0v) is 19.8. The van der Waals surface area contributed by atoms with Crippen LogP contribution in [0.5, 0.6) is 0 Å². The normalized spacial score (nSPS) is 21.7. The first-order chi connectivity index (χ1) is 15.4. The predicted molar refractivity (Wildman–Crippen MR) is 123 cm³/mol. The molecular weight excluding hydrogens is 406 g/mol. The maximum absolute atomic E-state index is 12.9. The molecule has 32 heavy (non-hydrogen) atoms. The van der Waals surface area contributed by atoms with Crippen LogP contribution >= 0.6 is 0 Å². The molecule has 0 saturated carbocycles. The van der Waals surface area contributed by atoms with Crippen LogP contribution in [0.1, 0.15) is 43.5 Å². The van der Waals surface area contributed by atoms with Crippen LogP contribution in [0.15, 0.2) is 30.5 Å². The first kappa shape index (κ1) is 24.4. The molecule has 8 heteroatoms. The number of aliphatic hydroxyl groups is 1. The van der Waals surface area contributed by atoms with Gasteiger partial charge in [0.05, 0.1) is 31.6 Å². The minimum Gasteiger partial charge on any atom is -0.394 e. The summed E-state index contributed by atoms with van der Waals surface area (Å²) in [6.45, 7) is 9.17. The molecule has 0 spiro atoms. The average Bonchev–Trinajstić information content (AvgIpc) is 3.21. The van der Waals surface area contributed by atoms with Crippen molar-refractivity contribution in [2.24, 2.45) is 5.92 Å². The van der Waals surface area contributed by atoms with Crippen molar-refractivity contribution in [2.45, 2.75) is 65.5 Å². The van der Waals surface area contributed by atoms with Crippen molar-refractivity contribution < 1.29 is 14.6 Å². The lowest BCUT2D eigenvalue weighted by Gasteiger charge is -2.35. The van der Waals surface area contributed by atoms with Crippen LogP contribution in [0.2, 0.25) is 0 Å². The number of ether oxygens (including phenoxy) is 1. The Morgan fingerprint density at radius 1 is 1.38 bits per heavy atom. The van der Waals surface area contributed by atoms with E-state index >= 15 is 0 Å². The molecule has 1 aliphatic rings. The Hall–Kier alpha value is -2.29. The Morgan fingerprint density at radius 2 is 2.19 bits per heavy atom. The lowest BCUT2D eigenvalue weighted by Crippen LogP contribution is -2.47. The maximum Gasteiger partial charge on any atom is 0.222 e. The highest BCUT2D eigenvalue weighted by Gasteiger charge is 2.28. The standard InChI is InChI=1S/C24H37N5O3/c1-18-7-5-8-21(11-18)13-27(4)15-23-19(2)12-29(20(3)16-30)24(31)9-6-10-28-14-22(17-32-23)25-26-28/h5,7-8,11,14,19-20,23,30H,6,9-10,12-13,15-17H2,1-4H3/t19-,20+,23+/m1/s1. The summed E-state index contributed by atoms with van der Waals surface area (Å²) >= 11 is 0. The zero-order valence-electron chi connectivity index (χ0n) is 19.8. The van der Waals surface area contributed by atoms with Gasteiger partial charge in [-0.05, 0) is 32.9 Å². The molecule has 1 aromatic heterocycles. The van der Waals surface area contributed by atoms with Crippen molar-refractivity contribution in [1.82, 2.24) is 24.8 Å². The number of fused-ring (bicyclic) bond motifs is 2. The largest absolute Gasteiger partial charge is 0.394 e. The van der Waals surface area contributed by atoms with E-state index in [1.165, 1.54) is 11.1 Å². The molecule has 1 amide bonds. The molecule has 0 radical (unpaired) electrons. The van der Waals surface area contributed by atoms with Gasteiger partial charge in [0.25, 0.3) is 0 Å². The fourth-order valence-corrected chi connectivity index (χ4v) is 4.19. The van der Waals surface area contributed by atoms with Gasteiger partial charge in [-0.2, -0.15) is 0 Å². The van der Waals surface area contributed by atoms with Gasteiger partial charge in [-0.1, -0.05) is 42.0 Å². The van der Waals surface area contributed by atoms with Crippen molar-refractivity contribution in [3.63, 3.8) is 0 Å². The van der Waals surface area contributed by atoms with E-state index in [0.717, 1.165) is 18.8 Å². The number of nitrogens with zero attached hydrogens (tertiary/aromatic N) is 5.